The van der Waals surface area contributed by atoms with Crippen LogP contribution < -0.4 is 0 Å². The SMILES string of the molecule is CCCCCCC/C=C\C/C=C\C/C=C\CCCCCCCCC(=O)OCC(COC(=O)CCCCCCCCCCC)OC(=O)CCCCCCCCCCC/C=C\C/C=C\CCCCCCC. The molecule has 0 bridgehead atoms. The van der Waals surface area contributed by atoms with Crippen LogP contribution in [0.1, 0.15) is 303 Å². The second kappa shape index (κ2) is 57.7. The molecule has 0 spiro atoms. The van der Waals surface area contributed by atoms with Crippen molar-refractivity contribution in [1.82, 2.24) is 0 Å². The minimum absolute atomic E-state index is 0.0783. The first kappa shape index (κ1) is 66.1. The molecule has 0 amide bonds. The fourth-order valence-corrected chi connectivity index (χ4v) is 8.48. The van der Waals surface area contributed by atoms with Crippen molar-refractivity contribution in [3.63, 3.8) is 0 Å². The van der Waals surface area contributed by atoms with Gasteiger partial charge < -0.3 is 14.2 Å². The minimum atomic E-state index is -0.780. The van der Waals surface area contributed by atoms with E-state index in [2.05, 4.69) is 81.5 Å². The third-order valence-electron chi connectivity index (χ3n) is 13.0. The van der Waals surface area contributed by atoms with E-state index in [0.717, 1.165) is 83.5 Å². The van der Waals surface area contributed by atoms with Crippen LogP contribution in [0.2, 0.25) is 0 Å². The summed E-state index contributed by atoms with van der Waals surface area (Å²) in [6.07, 6.45) is 72.2. The number of esters is 3. The number of ether oxygens (including phenoxy) is 3. The molecular weight excluding hydrogens is 853 g/mol. The molecule has 0 aromatic carbocycles. The van der Waals surface area contributed by atoms with Gasteiger partial charge in [0.15, 0.2) is 6.10 Å². The number of hydrogen-bond acceptors (Lipinski definition) is 6. The molecule has 6 heteroatoms. The van der Waals surface area contributed by atoms with Crippen molar-refractivity contribution in [3.05, 3.63) is 60.8 Å². The van der Waals surface area contributed by atoms with Crippen LogP contribution in [-0.4, -0.2) is 37.2 Å². The minimum Gasteiger partial charge on any atom is -0.462 e. The van der Waals surface area contributed by atoms with E-state index >= 15 is 0 Å². The van der Waals surface area contributed by atoms with Gasteiger partial charge in [0.1, 0.15) is 13.2 Å². The molecule has 0 aromatic heterocycles. The Bertz CT molecular complexity index is 1250. The Morgan fingerprint density at radius 1 is 0.290 bits per heavy atom. The maximum Gasteiger partial charge on any atom is 0.306 e. The second-order valence-electron chi connectivity index (χ2n) is 19.9. The largest absolute Gasteiger partial charge is 0.462 e. The summed E-state index contributed by atoms with van der Waals surface area (Å²) in [6.45, 7) is 6.61. The van der Waals surface area contributed by atoms with Crippen LogP contribution in [0.3, 0.4) is 0 Å². The van der Waals surface area contributed by atoms with Crippen molar-refractivity contribution in [2.45, 2.75) is 309 Å². The smallest absolute Gasteiger partial charge is 0.306 e. The van der Waals surface area contributed by atoms with Gasteiger partial charge in [-0.3, -0.25) is 14.4 Å². The van der Waals surface area contributed by atoms with Crippen LogP contribution in [0, 0.1) is 0 Å². The number of carbonyl (C=O) groups excluding carboxylic acids is 3. The summed E-state index contributed by atoms with van der Waals surface area (Å²) in [4.78, 5) is 38.1. The summed E-state index contributed by atoms with van der Waals surface area (Å²) in [5.41, 5.74) is 0. The van der Waals surface area contributed by atoms with Gasteiger partial charge >= 0.3 is 17.9 Å². The Morgan fingerprint density at radius 2 is 0.522 bits per heavy atom. The third kappa shape index (κ3) is 55.9. The van der Waals surface area contributed by atoms with Gasteiger partial charge in [-0.1, -0.05) is 255 Å². The highest BCUT2D eigenvalue weighted by Crippen LogP contribution is 2.15. The van der Waals surface area contributed by atoms with Crippen LogP contribution >= 0.6 is 0 Å². The molecule has 1 unspecified atom stereocenters. The predicted octanol–water partition coefficient (Wildman–Crippen LogP) is 20.0. The molecule has 69 heavy (non-hydrogen) atoms. The predicted molar refractivity (Wildman–Crippen MR) is 298 cm³/mol. The molecule has 0 rings (SSSR count). The van der Waals surface area contributed by atoms with E-state index in [9.17, 15) is 14.4 Å². The molecule has 0 radical (unpaired) electrons. The van der Waals surface area contributed by atoms with E-state index in [0.29, 0.717) is 19.3 Å². The van der Waals surface area contributed by atoms with Gasteiger partial charge in [-0.15, -0.1) is 0 Å². The van der Waals surface area contributed by atoms with Gasteiger partial charge in [-0.2, -0.15) is 0 Å². The molecule has 0 saturated carbocycles. The van der Waals surface area contributed by atoms with E-state index in [-0.39, 0.29) is 31.1 Å². The normalized spacial score (nSPS) is 12.4. The molecule has 0 aliphatic carbocycles. The first-order valence-corrected chi connectivity index (χ1v) is 29.8. The Labute approximate surface area is 428 Å². The molecule has 0 saturated heterocycles. The number of allylic oxidation sites excluding steroid dienone is 10. The van der Waals surface area contributed by atoms with Crippen molar-refractivity contribution in [3.8, 4) is 0 Å². The van der Waals surface area contributed by atoms with Crippen molar-refractivity contribution in [1.29, 1.82) is 0 Å². The monoisotopic (exact) mass is 965 g/mol. The van der Waals surface area contributed by atoms with Gasteiger partial charge in [0, 0.05) is 19.3 Å². The molecule has 0 heterocycles. The maximum atomic E-state index is 12.9. The summed E-state index contributed by atoms with van der Waals surface area (Å²) >= 11 is 0. The highest BCUT2D eigenvalue weighted by Gasteiger charge is 2.19. The zero-order chi connectivity index (χ0) is 50.0. The first-order valence-electron chi connectivity index (χ1n) is 29.8. The highest BCUT2D eigenvalue weighted by atomic mass is 16.6. The highest BCUT2D eigenvalue weighted by molar-refractivity contribution is 5.71. The molecule has 0 N–H and O–H groups in total. The Kier molecular flexibility index (Phi) is 55.3. The molecule has 1 atom stereocenters. The second-order valence-corrected chi connectivity index (χ2v) is 19.9. The molecular formula is C63H112O6. The summed E-state index contributed by atoms with van der Waals surface area (Å²) < 4.78 is 16.8. The number of hydrogen-bond donors (Lipinski definition) is 0. The van der Waals surface area contributed by atoms with Crippen LogP contribution in [-0.2, 0) is 28.6 Å². The Balaban J connectivity index is 4.29. The molecule has 400 valence electrons. The molecule has 6 nitrogen and oxygen atoms in total. The zero-order valence-corrected chi connectivity index (χ0v) is 45.8. The lowest BCUT2D eigenvalue weighted by Crippen LogP contribution is -2.30. The lowest BCUT2D eigenvalue weighted by Gasteiger charge is -2.18. The Morgan fingerprint density at radius 3 is 0.812 bits per heavy atom. The maximum absolute atomic E-state index is 12.9. The molecule has 0 aliphatic rings. The fraction of sp³-hybridized carbons (Fsp3) is 0.794. The molecule has 0 fully saturated rings. The van der Waals surface area contributed by atoms with Crippen molar-refractivity contribution in [2.24, 2.45) is 0 Å². The van der Waals surface area contributed by atoms with E-state index in [1.54, 1.807) is 0 Å². The summed E-state index contributed by atoms with van der Waals surface area (Å²) in [5.74, 6) is -0.887. The van der Waals surface area contributed by atoms with Gasteiger partial charge in [-0.25, -0.2) is 0 Å². The van der Waals surface area contributed by atoms with Crippen molar-refractivity contribution >= 4 is 17.9 Å². The number of rotatable bonds is 54. The quantitative estimate of drug-likeness (QED) is 0.0262. The Hall–Kier alpha value is -2.89. The van der Waals surface area contributed by atoms with Crippen LogP contribution in [0.4, 0.5) is 0 Å². The summed E-state index contributed by atoms with van der Waals surface area (Å²) in [6, 6.07) is 0. The van der Waals surface area contributed by atoms with Crippen molar-refractivity contribution < 1.29 is 28.6 Å². The van der Waals surface area contributed by atoms with Gasteiger partial charge in [0.25, 0.3) is 0 Å². The lowest BCUT2D eigenvalue weighted by atomic mass is 10.1. The van der Waals surface area contributed by atoms with Crippen molar-refractivity contribution in [2.75, 3.05) is 13.2 Å². The van der Waals surface area contributed by atoms with E-state index in [1.165, 1.54) is 180 Å². The lowest BCUT2D eigenvalue weighted by molar-refractivity contribution is -0.167. The van der Waals surface area contributed by atoms with Crippen LogP contribution in [0.5, 0.6) is 0 Å². The van der Waals surface area contributed by atoms with Crippen LogP contribution in [0.25, 0.3) is 0 Å². The summed E-state index contributed by atoms with van der Waals surface area (Å²) in [5, 5.41) is 0. The van der Waals surface area contributed by atoms with Gasteiger partial charge in [0.2, 0.25) is 0 Å². The summed E-state index contributed by atoms with van der Waals surface area (Å²) in [7, 11) is 0. The number of carbonyl (C=O) groups is 3. The van der Waals surface area contributed by atoms with E-state index in [4.69, 9.17) is 14.2 Å². The van der Waals surface area contributed by atoms with Gasteiger partial charge in [-0.05, 0) is 89.9 Å². The topological polar surface area (TPSA) is 78.9 Å². The van der Waals surface area contributed by atoms with Gasteiger partial charge in [0.05, 0.1) is 0 Å². The standard InChI is InChI=1S/C63H112O6/c1-4-7-10-13-16-19-21-23-25-27-29-31-33-35-37-39-41-44-47-50-53-56-62(65)68-59-60(58-67-61(64)55-52-49-46-43-18-15-12-9-6-3)69-63(66)57-54-51-48-45-42-40-38-36-34-32-30-28-26-24-22-20-17-14-11-8-5-2/h21-24,27-30,33,35,60H,4-20,25-26,31-32,34,36-59H2,1-3H3/b23-21-,24-22-,29-27-,30-28-,35-33-. The average molecular weight is 966 g/mol. The number of unbranched alkanes of at least 4 members (excludes halogenated alkanes) is 33. The van der Waals surface area contributed by atoms with E-state index in [1.807, 2.05) is 0 Å². The molecule has 0 aliphatic heterocycles. The third-order valence-corrected chi connectivity index (χ3v) is 13.0. The van der Waals surface area contributed by atoms with E-state index < -0.39 is 6.10 Å². The zero-order valence-electron chi connectivity index (χ0n) is 45.8. The molecule has 0 aromatic rings. The van der Waals surface area contributed by atoms with Crippen LogP contribution in [0.15, 0.2) is 60.8 Å². The first-order chi connectivity index (χ1) is 34.0. The average Bonchev–Trinajstić information content (AvgIpc) is 3.35. The fourth-order valence-electron chi connectivity index (χ4n) is 8.48.